The highest BCUT2D eigenvalue weighted by molar-refractivity contribution is 7.58. The van der Waals surface area contributed by atoms with E-state index in [0.29, 0.717) is 5.03 Å². The summed E-state index contributed by atoms with van der Waals surface area (Å²) in [5, 5.41) is 0.344. The lowest BCUT2D eigenvalue weighted by molar-refractivity contribution is 0.948. The summed E-state index contributed by atoms with van der Waals surface area (Å²) >= 11 is 4.66. The highest BCUT2D eigenvalue weighted by Crippen LogP contribution is 1.89. The van der Waals surface area contributed by atoms with E-state index in [0.717, 1.165) is 5.69 Å². The van der Waals surface area contributed by atoms with Crippen molar-refractivity contribution in [3.05, 3.63) is 22.2 Å². The van der Waals surface area contributed by atoms with Crippen molar-refractivity contribution in [2.75, 3.05) is 0 Å². The molecule has 0 saturated heterocycles. The van der Waals surface area contributed by atoms with Crippen LogP contribution < -0.4 is 5.69 Å². The zero-order valence-electron chi connectivity index (χ0n) is 4.84. The summed E-state index contributed by atoms with van der Waals surface area (Å²) in [4.78, 5) is 16.4. The number of H-pyrrole nitrogens is 1. The van der Waals surface area contributed by atoms with Crippen molar-refractivity contribution in [3.63, 3.8) is 0 Å². The lowest BCUT2D eigenvalue weighted by atomic mass is 10.5. The van der Waals surface area contributed by atoms with Gasteiger partial charge >= 0.3 is 5.69 Å². The molecule has 1 rings (SSSR count). The van der Waals surface area contributed by atoms with Crippen molar-refractivity contribution in [1.82, 2.24) is 9.97 Å². The molecule has 0 aliphatic carbocycles. The van der Waals surface area contributed by atoms with E-state index in [-0.39, 0.29) is 5.69 Å². The molecule has 0 aliphatic rings. The Labute approximate surface area is 57.6 Å². The van der Waals surface area contributed by atoms with E-state index in [9.17, 15) is 4.79 Å². The van der Waals surface area contributed by atoms with Crippen molar-refractivity contribution in [1.29, 1.82) is 0 Å². The summed E-state index contributed by atoms with van der Waals surface area (Å²) in [6.07, 6.45) is 0. The van der Waals surface area contributed by atoms with Gasteiger partial charge in [0.25, 0.3) is 0 Å². The van der Waals surface area contributed by atoms with Crippen LogP contribution in [0, 0.1) is 6.92 Å². The average Bonchev–Trinajstić information content (AvgIpc) is 1.59. The molecule has 0 atom stereocenters. The number of aromatic nitrogens is 2. The van der Waals surface area contributed by atoms with Gasteiger partial charge in [0, 0.05) is 5.69 Å². The van der Waals surface area contributed by atoms with Crippen molar-refractivity contribution in [2.24, 2.45) is 0 Å². The summed E-state index contributed by atoms with van der Waals surface area (Å²) in [6, 6.07) is 1.64. The fourth-order valence-corrected chi connectivity index (χ4v) is 0.810. The molecule has 1 aromatic heterocycles. The minimum atomic E-state index is -0.375. The van der Waals surface area contributed by atoms with Crippen LogP contribution >= 0.6 is 0 Å². The van der Waals surface area contributed by atoms with E-state index >= 15 is 0 Å². The third-order valence-electron chi connectivity index (χ3n) is 0.856. The summed E-state index contributed by atoms with van der Waals surface area (Å²) < 4.78 is 0. The van der Waals surface area contributed by atoms with Gasteiger partial charge in [0.2, 0.25) is 0 Å². The topological polar surface area (TPSA) is 45.8 Å². The van der Waals surface area contributed by atoms with Crippen LogP contribution in [0.3, 0.4) is 0 Å². The van der Waals surface area contributed by atoms with Crippen molar-refractivity contribution >= 4 is 12.6 Å². The zero-order valence-corrected chi connectivity index (χ0v) is 5.66. The molecular weight excluding hydrogens is 136 g/mol. The van der Waals surface area contributed by atoms with Gasteiger partial charge in [-0.25, -0.2) is 9.78 Å². The summed E-state index contributed by atoms with van der Waals surface area (Å²) in [5.41, 5.74) is 0.375. The third kappa shape index (κ3) is 1.50. The molecule has 1 N–H and O–H groups in total. The Morgan fingerprint density at radius 3 is 2.89 bits per heavy atom. The van der Waals surface area contributed by atoms with E-state index in [1.54, 1.807) is 13.0 Å². The van der Waals surface area contributed by atoms with E-state index in [1.165, 1.54) is 0 Å². The largest absolute Gasteiger partial charge is 0.760 e. The summed E-state index contributed by atoms with van der Waals surface area (Å²) in [6.45, 7) is 1.76. The maximum atomic E-state index is 10.5. The van der Waals surface area contributed by atoms with Gasteiger partial charge in [-0.1, -0.05) is 5.03 Å². The number of hydrogen-bond donors (Lipinski definition) is 1. The second-order valence-corrected chi connectivity index (χ2v) is 2.13. The maximum absolute atomic E-state index is 10.5. The van der Waals surface area contributed by atoms with Crippen LogP contribution in [0.25, 0.3) is 0 Å². The molecule has 0 radical (unpaired) electrons. The second-order valence-electron chi connectivity index (χ2n) is 1.71. The van der Waals surface area contributed by atoms with Crippen molar-refractivity contribution < 1.29 is 0 Å². The first-order valence-electron chi connectivity index (χ1n) is 2.43. The molecule has 3 nitrogen and oxygen atoms in total. The molecule has 4 heteroatoms. The van der Waals surface area contributed by atoms with Crippen LogP contribution in [-0.4, -0.2) is 9.97 Å². The smallest absolute Gasteiger partial charge is 0.343 e. The molecule has 0 aliphatic heterocycles. The number of aromatic amines is 1. The number of rotatable bonds is 0. The molecule has 0 bridgehead atoms. The summed E-state index contributed by atoms with van der Waals surface area (Å²) in [5.74, 6) is 0. The molecule has 0 aromatic carbocycles. The van der Waals surface area contributed by atoms with Crippen LogP contribution in [-0.2, 0) is 12.6 Å². The first-order valence-corrected chi connectivity index (χ1v) is 2.84. The van der Waals surface area contributed by atoms with Gasteiger partial charge in [0.15, 0.2) is 0 Å². The predicted octanol–water partition coefficient (Wildman–Crippen LogP) is -0.0159. The highest BCUT2D eigenvalue weighted by Gasteiger charge is 1.83. The Balaban J connectivity index is 3.33. The Morgan fingerprint density at radius 2 is 2.44 bits per heavy atom. The van der Waals surface area contributed by atoms with Crippen molar-refractivity contribution in [3.8, 4) is 0 Å². The lowest BCUT2D eigenvalue weighted by Crippen LogP contribution is -2.11. The SMILES string of the molecule is Cc1cc([S-])nc(=O)[nH]1. The van der Waals surface area contributed by atoms with Gasteiger partial charge in [-0.2, -0.15) is 0 Å². The lowest BCUT2D eigenvalue weighted by Gasteiger charge is -2.01. The van der Waals surface area contributed by atoms with Crippen LogP contribution in [0.2, 0.25) is 0 Å². The molecule has 0 amide bonds. The summed E-state index contributed by atoms with van der Waals surface area (Å²) in [7, 11) is 0. The first kappa shape index (κ1) is 6.22. The molecule has 0 fully saturated rings. The Kier molecular flexibility index (Phi) is 1.48. The molecule has 0 unspecified atom stereocenters. The normalized spacial score (nSPS) is 9.44. The molecule has 1 aromatic rings. The van der Waals surface area contributed by atoms with Crippen molar-refractivity contribution in [2.45, 2.75) is 11.9 Å². The Morgan fingerprint density at radius 1 is 1.78 bits per heavy atom. The Hall–Kier alpha value is -0.900. The number of hydrogen-bond acceptors (Lipinski definition) is 3. The molecule has 9 heavy (non-hydrogen) atoms. The predicted molar refractivity (Wildman–Crippen MR) is 35.2 cm³/mol. The van der Waals surface area contributed by atoms with Gasteiger partial charge in [-0.05, 0) is 13.0 Å². The van der Waals surface area contributed by atoms with Gasteiger partial charge in [0.05, 0.1) is 0 Å². The minimum absolute atomic E-state index is 0.344. The first-order chi connectivity index (χ1) is 4.18. The van der Waals surface area contributed by atoms with Crippen LogP contribution in [0.4, 0.5) is 0 Å². The highest BCUT2D eigenvalue weighted by atomic mass is 32.1. The van der Waals surface area contributed by atoms with Crippen LogP contribution in [0.1, 0.15) is 5.69 Å². The van der Waals surface area contributed by atoms with Gasteiger partial charge < -0.3 is 17.6 Å². The molecule has 0 spiro atoms. The Bertz CT molecular complexity index is 245. The van der Waals surface area contributed by atoms with E-state index < -0.39 is 0 Å². The average molecular weight is 141 g/mol. The molecular formula is C5H5N2OS-. The number of aryl methyl sites for hydroxylation is 1. The molecule has 0 saturated carbocycles. The fourth-order valence-electron chi connectivity index (χ4n) is 0.550. The van der Waals surface area contributed by atoms with Gasteiger partial charge in [0.1, 0.15) is 0 Å². The van der Waals surface area contributed by atoms with E-state index in [4.69, 9.17) is 0 Å². The van der Waals surface area contributed by atoms with Gasteiger partial charge in [-0.15, -0.1) is 0 Å². The van der Waals surface area contributed by atoms with Gasteiger partial charge in [-0.3, -0.25) is 0 Å². The monoisotopic (exact) mass is 141 g/mol. The van der Waals surface area contributed by atoms with E-state index in [2.05, 4.69) is 22.6 Å². The minimum Gasteiger partial charge on any atom is -0.760 e. The molecule has 1 heterocycles. The standard InChI is InChI=1S/C5H6N2OS/c1-3-2-4(9)7-5(8)6-3/h2H,1H3,(H2,6,7,8,9)/p-1. The fraction of sp³-hybridized carbons (Fsp3) is 0.200. The number of nitrogens with zero attached hydrogens (tertiary/aromatic N) is 1. The van der Waals surface area contributed by atoms with Crippen LogP contribution in [0.5, 0.6) is 0 Å². The van der Waals surface area contributed by atoms with Crippen LogP contribution in [0.15, 0.2) is 15.9 Å². The second kappa shape index (κ2) is 2.14. The van der Waals surface area contributed by atoms with E-state index in [1.807, 2.05) is 0 Å². The molecule has 48 valence electrons. The zero-order chi connectivity index (χ0) is 6.85. The quantitative estimate of drug-likeness (QED) is 0.408. The third-order valence-corrected chi connectivity index (χ3v) is 1.06. The maximum Gasteiger partial charge on any atom is 0.343 e. The number of nitrogens with one attached hydrogen (secondary N) is 1.